The summed E-state index contributed by atoms with van der Waals surface area (Å²) in [6.45, 7) is 3.21. The van der Waals surface area contributed by atoms with E-state index in [1.165, 1.54) is 0 Å². The predicted octanol–water partition coefficient (Wildman–Crippen LogP) is 2.52. The lowest BCUT2D eigenvalue weighted by Crippen LogP contribution is -2.52. The van der Waals surface area contributed by atoms with Crippen LogP contribution in [0.2, 0.25) is 5.02 Å². The van der Waals surface area contributed by atoms with Crippen molar-refractivity contribution in [1.29, 1.82) is 0 Å². The molecule has 1 saturated heterocycles. The van der Waals surface area contributed by atoms with Gasteiger partial charge in [0.25, 0.3) is 0 Å². The largest absolute Gasteiger partial charge is 0.385 e. The Morgan fingerprint density at radius 3 is 2.95 bits per heavy atom. The maximum absolute atomic E-state index is 6.00. The van der Waals surface area contributed by atoms with E-state index in [2.05, 4.69) is 14.9 Å². The number of rotatable bonds is 6. The number of ether oxygens (including phenoxy) is 2. The Hall–Kier alpha value is -1.43. The minimum atomic E-state index is 0.277. The first-order valence-electron chi connectivity index (χ1n) is 7.03. The molecule has 0 bridgehead atoms. The van der Waals surface area contributed by atoms with Gasteiger partial charge >= 0.3 is 0 Å². The Morgan fingerprint density at radius 1 is 1.29 bits per heavy atom. The number of aromatic nitrogens is 2. The Balaban J connectivity index is 1.62. The van der Waals surface area contributed by atoms with Crippen LogP contribution in [-0.2, 0) is 9.47 Å². The summed E-state index contributed by atoms with van der Waals surface area (Å²) in [4.78, 5) is 10.9. The molecule has 0 spiro atoms. The van der Waals surface area contributed by atoms with Gasteiger partial charge in [-0.25, -0.2) is 9.97 Å². The van der Waals surface area contributed by atoms with Gasteiger partial charge in [0.15, 0.2) is 0 Å². The van der Waals surface area contributed by atoms with E-state index in [0.29, 0.717) is 5.02 Å². The molecule has 0 atom stereocenters. The first kappa shape index (κ1) is 14.5. The molecule has 0 radical (unpaired) electrons. The average Bonchev–Trinajstić information content (AvgIpc) is 2.44. The molecule has 5 nitrogen and oxygen atoms in total. The number of benzene rings is 1. The molecule has 21 heavy (non-hydrogen) atoms. The third-order valence-electron chi connectivity index (χ3n) is 3.57. The Labute approximate surface area is 128 Å². The van der Waals surface area contributed by atoms with Gasteiger partial charge in [-0.05, 0) is 24.6 Å². The van der Waals surface area contributed by atoms with Gasteiger partial charge in [-0.2, -0.15) is 0 Å². The van der Waals surface area contributed by atoms with E-state index < -0.39 is 0 Å². The number of hydrogen-bond acceptors (Lipinski definition) is 5. The van der Waals surface area contributed by atoms with Crippen molar-refractivity contribution in [2.45, 2.75) is 12.5 Å². The van der Waals surface area contributed by atoms with Gasteiger partial charge in [0.1, 0.15) is 12.1 Å². The second-order valence-corrected chi connectivity index (χ2v) is 5.54. The molecular formula is C15H18ClN3O2. The lowest BCUT2D eigenvalue weighted by atomic mass is 10.1. The molecule has 1 aliphatic heterocycles. The second-order valence-electron chi connectivity index (χ2n) is 5.10. The Morgan fingerprint density at radius 2 is 2.14 bits per heavy atom. The Kier molecular flexibility index (Phi) is 4.53. The molecule has 0 saturated carbocycles. The molecule has 1 aromatic heterocycles. The molecule has 1 fully saturated rings. The van der Waals surface area contributed by atoms with Crippen molar-refractivity contribution in [3.8, 4) is 0 Å². The van der Waals surface area contributed by atoms with Gasteiger partial charge in [-0.15, -0.1) is 0 Å². The highest BCUT2D eigenvalue weighted by Crippen LogP contribution is 2.28. The van der Waals surface area contributed by atoms with E-state index in [4.69, 9.17) is 21.1 Å². The quantitative estimate of drug-likeness (QED) is 0.768. The molecule has 2 heterocycles. The van der Waals surface area contributed by atoms with Gasteiger partial charge in [-0.3, -0.25) is 0 Å². The maximum atomic E-state index is 6.00. The number of fused-ring (bicyclic) bond motifs is 1. The van der Waals surface area contributed by atoms with Crippen LogP contribution in [0, 0.1) is 0 Å². The third kappa shape index (κ3) is 3.26. The van der Waals surface area contributed by atoms with Gasteiger partial charge < -0.3 is 14.4 Å². The molecule has 0 aliphatic carbocycles. The van der Waals surface area contributed by atoms with E-state index in [1.807, 2.05) is 18.2 Å². The summed E-state index contributed by atoms with van der Waals surface area (Å²) in [6.07, 6.45) is 2.79. The normalized spacial score (nSPS) is 15.4. The maximum Gasteiger partial charge on any atom is 0.140 e. The number of nitrogens with zero attached hydrogens (tertiary/aromatic N) is 3. The van der Waals surface area contributed by atoms with Crippen LogP contribution in [0.15, 0.2) is 24.5 Å². The molecule has 6 heteroatoms. The summed E-state index contributed by atoms with van der Waals surface area (Å²) in [5.74, 6) is 0.952. The number of hydrogen-bond donors (Lipinski definition) is 0. The highest BCUT2D eigenvalue weighted by Gasteiger charge is 2.29. The van der Waals surface area contributed by atoms with Crippen molar-refractivity contribution in [3.63, 3.8) is 0 Å². The van der Waals surface area contributed by atoms with Crippen LogP contribution in [0.4, 0.5) is 5.82 Å². The lowest BCUT2D eigenvalue weighted by Gasteiger charge is -2.40. The monoisotopic (exact) mass is 307 g/mol. The molecular weight excluding hydrogens is 290 g/mol. The fourth-order valence-corrected chi connectivity index (χ4v) is 2.60. The van der Waals surface area contributed by atoms with E-state index in [0.717, 1.165) is 49.4 Å². The predicted molar refractivity (Wildman–Crippen MR) is 83.0 cm³/mol. The highest BCUT2D eigenvalue weighted by molar-refractivity contribution is 6.31. The third-order valence-corrected chi connectivity index (χ3v) is 3.81. The highest BCUT2D eigenvalue weighted by atomic mass is 35.5. The zero-order chi connectivity index (χ0) is 14.7. The SMILES string of the molecule is COCCCOC1CN(c2ncnc3cc(Cl)ccc23)C1. The molecule has 0 unspecified atom stereocenters. The van der Waals surface area contributed by atoms with E-state index >= 15 is 0 Å². The van der Waals surface area contributed by atoms with Crippen molar-refractivity contribution < 1.29 is 9.47 Å². The Bertz CT molecular complexity index is 617. The summed E-state index contributed by atoms with van der Waals surface area (Å²) >= 11 is 6.00. The average molecular weight is 308 g/mol. The number of anilines is 1. The van der Waals surface area contributed by atoms with Crippen molar-refractivity contribution in [1.82, 2.24) is 9.97 Å². The van der Waals surface area contributed by atoms with Crippen molar-refractivity contribution in [2.24, 2.45) is 0 Å². The molecule has 112 valence electrons. The molecule has 3 rings (SSSR count). The van der Waals surface area contributed by atoms with E-state index in [1.54, 1.807) is 13.4 Å². The molecule has 0 amide bonds. The fraction of sp³-hybridized carbons (Fsp3) is 0.467. The van der Waals surface area contributed by atoms with Gasteiger partial charge in [0.2, 0.25) is 0 Å². The van der Waals surface area contributed by atoms with E-state index in [-0.39, 0.29) is 6.10 Å². The van der Waals surface area contributed by atoms with Gasteiger partial charge in [-0.1, -0.05) is 11.6 Å². The smallest absolute Gasteiger partial charge is 0.140 e. The van der Waals surface area contributed by atoms with Crippen molar-refractivity contribution in [2.75, 3.05) is 38.3 Å². The zero-order valence-corrected chi connectivity index (χ0v) is 12.7. The van der Waals surface area contributed by atoms with Crippen molar-refractivity contribution in [3.05, 3.63) is 29.5 Å². The second kappa shape index (κ2) is 6.56. The fourth-order valence-electron chi connectivity index (χ4n) is 2.44. The summed E-state index contributed by atoms with van der Waals surface area (Å²) in [7, 11) is 1.71. The molecule has 1 aromatic carbocycles. The summed E-state index contributed by atoms with van der Waals surface area (Å²) in [5, 5.41) is 1.72. The van der Waals surface area contributed by atoms with Gasteiger partial charge in [0, 0.05) is 43.8 Å². The van der Waals surface area contributed by atoms with Crippen LogP contribution in [0.25, 0.3) is 10.9 Å². The van der Waals surface area contributed by atoms with Crippen LogP contribution in [0.3, 0.4) is 0 Å². The lowest BCUT2D eigenvalue weighted by molar-refractivity contribution is 0.0231. The number of methoxy groups -OCH3 is 1. The van der Waals surface area contributed by atoms with Crippen molar-refractivity contribution >= 4 is 28.3 Å². The van der Waals surface area contributed by atoms with Gasteiger partial charge in [0.05, 0.1) is 11.6 Å². The zero-order valence-electron chi connectivity index (χ0n) is 12.0. The van der Waals surface area contributed by atoms with Crippen LogP contribution in [-0.4, -0.2) is 49.5 Å². The minimum Gasteiger partial charge on any atom is -0.385 e. The van der Waals surface area contributed by atoms with Crippen LogP contribution in [0.5, 0.6) is 0 Å². The summed E-state index contributed by atoms with van der Waals surface area (Å²) in [6, 6.07) is 5.70. The first-order chi connectivity index (χ1) is 10.3. The topological polar surface area (TPSA) is 47.5 Å². The summed E-state index contributed by atoms with van der Waals surface area (Å²) < 4.78 is 10.8. The molecule has 2 aromatic rings. The van der Waals surface area contributed by atoms with Crippen LogP contribution in [0.1, 0.15) is 6.42 Å². The van der Waals surface area contributed by atoms with Crippen LogP contribution < -0.4 is 4.90 Å². The van der Waals surface area contributed by atoms with E-state index in [9.17, 15) is 0 Å². The standard InChI is InChI=1S/C15H18ClN3O2/c1-20-5-2-6-21-12-8-19(9-12)15-13-4-3-11(16)7-14(13)17-10-18-15/h3-4,7,10,12H,2,5-6,8-9H2,1H3. The van der Waals surface area contributed by atoms with Crippen LogP contribution >= 0.6 is 11.6 Å². The first-order valence-corrected chi connectivity index (χ1v) is 7.41. The number of halogens is 1. The summed E-state index contributed by atoms with van der Waals surface area (Å²) in [5.41, 5.74) is 0.872. The minimum absolute atomic E-state index is 0.277. The molecule has 1 aliphatic rings. The molecule has 0 N–H and O–H groups in total.